The summed E-state index contributed by atoms with van der Waals surface area (Å²) < 4.78 is 0. The molecular weight excluding hydrogens is 795 g/mol. The van der Waals surface area contributed by atoms with Crippen molar-refractivity contribution in [3.63, 3.8) is 0 Å². The molecule has 19 heteroatoms. The summed E-state index contributed by atoms with van der Waals surface area (Å²) in [6, 6.07) is 8.07. The number of carbonyl (C=O) groups excluding carboxylic acids is 7. The molecule has 0 saturated heterocycles. The molecule has 13 N–H and O–H groups in total. The van der Waals surface area contributed by atoms with Gasteiger partial charge in [-0.2, -0.15) is 11.8 Å². The number of carboxylic acids is 1. The van der Waals surface area contributed by atoms with Crippen LogP contribution in [0.3, 0.4) is 0 Å². The molecule has 0 unspecified atom stereocenters. The van der Waals surface area contributed by atoms with Gasteiger partial charge in [0.2, 0.25) is 41.4 Å². The molecule has 7 amide bonds. The number of fused-ring (bicyclic) bond motifs is 1. The normalized spacial score (nSPS) is 14.2. The third-order valence-electron chi connectivity index (χ3n) is 9.56. The minimum absolute atomic E-state index is 0.109. The van der Waals surface area contributed by atoms with Gasteiger partial charge in [-0.25, -0.2) is 4.79 Å². The second kappa shape index (κ2) is 24.2. The van der Waals surface area contributed by atoms with Crippen LogP contribution in [0.2, 0.25) is 0 Å². The molecule has 0 aliphatic rings. The van der Waals surface area contributed by atoms with E-state index in [1.807, 2.05) is 32.2 Å². The fourth-order valence-corrected chi connectivity index (χ4v) is 6.85. The molecule has 0 fully saturated rings. The molecule has 0 spiro atoms. The summed E-state index contributed by atoms with van der Waals surface area (Å²) in [4.78, 5) is 108. The molecule has 1 heterocycles. The number of carboxylic acid groups (broad SMARTS) is 1. The standard InChI is InChI=1S/C41H57N9O9S/c1-23(2)19-27(42)36(53)46-31(17-18-60-3)39(56)47-29(13-15-34(43)51)37(54)49-32(20-24-9-5-4-6-10-24)40(57)48-30(14-16-35(44)52)38(55)50-33(41(58)59)21-25-22-45-28-12-8-7-11-26(25)28/h4-12,22-23,27,29-33,45H,13-21,42H2,1-3H3,(H2,43,51)(H2,44,52)(H,46,53)(H,47,56)(H,48,57)(H,49,54)(H,50,55)(H,58,59)/t27-,29-,30-,31-,32-,33-/m0/s1. The number of hydrogen-bond donors (Lipinski definition) is 10. The van der Waals surface area contributed by atoms with E-state index < -0.39 is 83.6 Å². The van der Waals surface area contributed by atoms with Gasteiger partial charge in [0.25, 0.3) is 0 Å². The van der Waals surface area contributed by atoms with E-state index >= 15 is 0 Å². The number of nitrogens with one attached hydrogen (secondary N) is 6. The summed E-state index contributed by atoms with van der Waals surface area (Å²) in [6.07, 6.45) is 2.54. The van der Waals surface area contributed by atoms with Gasteiger partial charge >= 0.3 is 5.97 Å². The first-order chi connectivity index (χ1) is 28.5. The molecule has 0 aliphatic heterocycles. The molecule has 1 aromatic heterocycles. The number of rotatable bonds is 26. The van der Waals surface area contributed by atoms with Gasteiger partial charge in [-0.1, -0.05) is 62.4 Å². The summed E-state index contributed by atoms with van der Waals surface area (Å²) >= 11 is 1.43. The lowest BCUT2D eigenvalue weighted by Crippen LogP contribution is -2.60. The number of carbonyl (C=O) groups is 8. The summed E-state index contributed by atoms with van der Waals surface area (Å²) in [6.45, 7) is 3.80. The van der Waals surface area contributed by atoms with E-state index in [1.54, 1.807) is 48.7 Å². The topological polar surface area (TPSA) is 311 Å². The van der Waals surface area contributed by atoms with E-state index in [2.05, 4.69) is 31.6 Å². The highest BCUT2D eigenvalue weighted by atomic mass is 32.2. The van der Waals surface area contributed by atoms with Crippen molar-refractivity contribution in [1.82, 2.24) is 31.6 Å². The van der Waals surface area contributed by atoms with Crippen LogP contribution in [-0.2, 0) is 51.2 Å². The van der Waals surface area contributed by atoms with Crippen molar-refractivity contribution in [3.05, 3.63) is 71.9 Å². The van der Waals surface area contributed by atoms with Crippen LogP contribution in [0.4, 0.5) is 0 Å². The van der Waals surface area contributed by atoms with Gasteiger partial charge in [0.15, 0.2) is 0 Å². The predicted molar refractivity (Wildman–Crippen MR) is 227 cm³/mol. The largest absolute Gasteiger partial charge is 0.480 e. The van der Waals surface area contributed by atoms with Crippen molar-refractivity contribution in [3.8, 4) is 0 Å². The van der Waals surface area contributed by atoms with Gasteiger partial charge in [-0.3, -0.25) is 33.6 Å². The molecule has 2 aromatic carbocycles. The fraction of sp³-hybridized carbons (Fsp3) is 0.463. The number of thioether (sulfide) groups is 1. The van der Waals surface area contributed by atoms with Gasteiger partial charge < -0.3 is 53.9 Å². The fourth-order valence-electron chi connectivity index (χ4n) is 6.38. The Hall–Kier alpha value is -5.95. The van der Waals surface area contributed by atoms with Gasteiger partial charge in [0.05, 0.1) is 6.04 Å². The van der Waals surface area contributed by atoms with Gasteiger partial charge in [-0.05, 0) is 60.8 Å². The van der Waals surface area contributed by atoms with E-state index in [4.69, 9.17) is 17.2 Å². The zero-order valence-corrected chi connectivity index (χ0v) is 34.8. The first-order valence-electron chi connectivity index (χ1n) is 19.6. The number of amides is 7. The Balaban J connectivity index is 1.88. The number of primary amides is 2. The van der Waals surface area contributed by atoms with Crippen LogP contribution in [0.25, 0.3) is 10.9 Å². The number of nitrogens with two attached hydrogens (primary N) is 3. The first-order valence-corrected chi connectivity index (χ1v) is 21.0. The monoisotopic (exact) mass is 851 g/mol. The van der Waals surface area contributed by atoms with Crippen LogP contribution < -0.4 is 43.8 Å². The maximum Gasteiger partial charge on any atom is 0.326 e. The van der Waals surface area contributed by atoms with Crippen LogP contribution in [0, 0.1) is 5.92 Å². The molecule has 3 aromatic rings. The highest BCUT2D eigenvalue weighted by molar-refractivity contribution is 7.98. The number of H-pyrrole nitrogens is 1. The second-order valence-electron chi connectivity index (χ2n) is 14.9. The van der Waals surface area contributed by atoms with Crippen LogP contribution in [-0.4, -0.2) is 106 Å². The Kier molecular flexibility index (Phi) is 19.5. The molecule has 0 bridgehead atoms. The number of para-hydroxylation sites is 1. The smallest absolute Gasteiger partial charge is 0.326 e. The van der Waals surface area contributed by atoms with Crippen molar-refractivity contribution < 1.29 is 43.5 Å². The number of aromatic amines is 1. The minimum atomic E-state index is -1.47. The summed E-state index contributed by atoms with van der Waals surface area (Å²) in [5.41, 5.74) is 18.8. The van der Waals surface area contributed by atoms with Gasteiger partial charge in [0.1, 0.15) is 30.2 Å². The molecule has 0 aliphatic carbocycles. The Labute approximate surface area is 352 Å². The van der Waals surface area contributed by atoms with E-state index in [1.165, 1.54) is 11.8 Å². The third-order valence-corrected chi connectivity index (χ3v) is 10.2. The van der Waals surface area contributed by atoms with Crippen LogP contribution in [0.15, 0.2) is 60.8 Å². The van der Waals surface area contributed by atoms with E-state index in [0.29, 0.717) is 23.3 Å². The zero-order chi connectivity index (χ0) is 44.4. The van der Waals surface area contributed by atoms with Gasteiger partial charge in [-0.15, -0.1) is 0 Å². The second-order valence-corrected chi connectivity index (χ2v) is 15.9. The quantitative estimate of drug-likeness (QED) is 0.0517. The Morgan fingerprint density at radius 1 is 0.650 bits per heavy atom. The molecule has 60 heavy (non-hydrogen) atoms. The van der Waals surface area contributed by atoms with E-state index in [0.717, 1.165) is 10.9 Å². The SMILES string of the molecule is CSCC[C@H](NC(=O)[C@@H](N)CC(C)C)C(=O)N[C@@H](CCC(N)=O)C(=O)N[C@@H](Cc1ccccc1)C(=O)N[C@@H](CCC(N)=O)C(=O)N[C@@H](Cc1c[nH]c2ccccc12)C(=O)O. The Morgan fingerprint density at radius 2 is 1.13 bits per heavy atom. The van der Waals surface area contributed by atoms with Crippen molar-refractivity contribution in [2.24, 2.45) is 23.1 Å². The summed E-state index contributed by atoms with van der Waals surface area (Å²) in [5, 5.41) is 23.7. The molecule has 326 valence electrons. The molecular formula is C41H57N9O9S. The van der Waals surface area contributed by atoms with Crippen molar-refractivity contribution in [2.75, 3.05) is 12.0 Å². The molecule has 3 rings (SSSR count). The maximum absolute atomic E-state index is 14.1. The number of aliphatic carboxylic acids is 1. The van der Waals surface area contributed by atoms with Crippen molar-refractivity contribution in [2.45, 2.75) is 101 Å². The number of aromatic nitrogens is 1. The van der Waals surface area contributed by atoms with Crippen molar-refractivity contribution in [1.29, 1.82) is 0 Å². The van der Waals surface area contributed by atoms with Crippen LogP contribution in [0.1, 0.15) is 63.5 Å². The number of benzene rings is 2. The highest BCUT2D eigenvalue weighted by Crippen LogP contribution is 2.19. The molecule has 18 nitrogen and oxygen atoms in total. The third kappa shape index (κ3) is 16.0. The predicted octanol–water partition coefficient (Wildman–Crippen LogP) is 0.119. The summed E-state index contributed by atoms with van der Waals surface area (Å²) in [5.74, 6) is -6.28. The van der Waals surface area contributed by atoms with Gasteiger partial charge in [0, 0.05) is 42.8 Å². The molecule has 0 saturated carbocycles. The number of hydrogen-bond acceptors (Lipinski definition) is 10. The Bertz CT molecular complexity index is 1960. The summed E-state index contributed by atoms with van der Waals surface area (Å²) in [7, 11) is 0. The van der Waals surface area contributed by atoms with Crippen LogP contribution >= 0.6 is 11.8 Å². The molecule has 0 radical (unpaired) electrons. The lowest BCUT2D eigenvalue weighted by Gasteiger charge is -2.27. The first kappa shape index (κ1) is 48.4. The van der Waals surface area contributed by atoms with E-state index in [-0.39, 0.29) is 50.9 Å². The maximum atomic E-state index is 14.1. The lowest BCUT2D eigenvalue weighted by molar-refractivity contribution is -0.142. The lowest BCUT2D eigenvalue weighted by atomic mass is 10.0. The average molecular weight is 852 g/mol. The molecule has 6 atom stereocenters. The Morgan fingerprint density at radius 3 is 1.67 bits per heavy atom. The highest BCUT2D eigenvalue weighted by Gasteiger charge is 2.33. The van der Waals surface area contributed by atoms with E-state index in [9.17, 15) is 43.5 Å². The average Bonchev–Trinajstić information content (AvgIpc) is 3.61. The minimum Gasteiger partial charge on any atom is -0.480 e. The van der Waals surface area contributed by atoms with Crippen LogP contribution in [0.5, 0.6) is 0 Å². The van der Waals surface area contributed by atoms with Crippen molar-refractivity contribution >= 4 is 70.0 Å². The zero-order valence-electron chi connectivity index (χ0n) is 34.0.